The number of ether oxygens (including phenoxy) is 1. The van der Waals surface area contributed by atoms with Gasteiger partial charge in [-0.3, -0.25) is 0 Å². The van der Waals surface area contributed by atoms with Crippen LogP contribution in [0.25, 0.3) is 17.3 Å². The molecule has 1 aromatic carbocycles. The van der Waals surface area contributed by atoms with Crippen LogP contribution in [-0.4, -0.2) is 18.1 Å². The fourth-order valence-electron chi connectivity index (χ4n) is 1.85. The van der Waals surface area contributed by atoms with E-state index in [2.05, 4.69) is 32.2 Å². The quantitative estimate of drug-likeness (QED) is 0.857. The predicted molar refractivity (Wildman–Crippen MR) is 83.2 cm³/mol. The Morgan fingerprint density at radius 3 is 2.57 bits per heavy atom. The van der Waals surface area contributed by atoms with Crippen LogP contribution in [-0.2, 0) is 4.74 Å². The van der Waals surface area contributed by atoms with Gasteiger partial charge in [-0.05, 0) is 12.1 Å². The lowest BCUT2D eigenvalue weighted by atomic mass is 10.1. The zero-order valence-electron chi connectivity index (χ0n) is 11.2. The summed E-state index contributed by atoms with van der Waals surface area (Å²) >= 11 is 3.30. The Balaban J connectivity index is 2.72. The third-order valence-corrected chi connectivity index (χ3v) is 3.44. The number of nitrogens with zero attached hydrogens (tertiary/aromatic N) is 1. The molecule has 1 aromatic heterocycles. The van der Waals surface area contributed by atoms with Crippen LogP contribution in [0.2, 0.25) is 0 Å². The van der Waals surface area contributed by atoms with E-state index in [0.717, 1.165) is 4.47 Å². The molecule has 0 saturated heterocycles. The van der Waals surface area contributed by atoms with Gasteiger partial charge >= 0.3 is 5.97 Å². The van der Waals surface area contributed by atoms with Gasteiger partial charge in [0.15, 0.2) is 11.5 Å². The first-order chi connectivity index (χ1) is 9.99. The standard InChI is InChI=1S/C15H12BrFN2O2/c1-3-10-12(18)11(17)13(19-14(10)15(20)21-2)8-4-6-9(16)7-5-8/h3-7H,1H2,2H3,(H2,18,19). The lowest BCUT2D eigenvalue weighted by Gasteiger charge is -2.12. The third kappa shape index (κ3) is 2.80. The molecular weight excluding hydrogens is 339 g/mol. The third-order valence-electron chi connectivity index (χ3n) is 2.91. The van der Waals surface area contributed by atoms with E-state index in [4.69, 9.17) is 5.73 Å². The molecule has 2 aromatic rings. The summed E-state index contributed by atoms with van der Waals surface area (Å²) in [5, 5.41) is 0. The smallest absolute Gasteiger partial charge is 0.357 e. The fourth-order valence-corrected chi connectivity index (χ4v) is 2.12. The second kappa shape index (κ2) is 6.05. The highest BCUT2D eigenvalue weighted by Crippen LogP contribution is 2.30. The van der Waals surface area contributed by atoms with E-state index in [-0.39, 0.29) is 22.6 Å². The summed E-state index contributed by atoms with van der Waals surface area (Å²) in [4.78, 5) is 15.8. The predicted octanol–water partition coefficient (Wildman–Crippen LogP) is 3.66. The lowest BCUT2D eigenvalue weighted by molar-refractivity contribution is 0.0594. The fraction of sp³-hybridized carbons (Fsp3) is 0.0667. The van der Waals surface area contributed by atoms with Crippen LogP contribution in [0.3, 0.4) is 0 Å². The molecule has 0 radical (unpaired) electrons. The van der Waals surface area contributed by atoms with E-state index in [1.54, 1.807) is 24.3 Å². The molecule has 0 bridgehead atoms. The first kappa shape index (κ1) is 15.2. The molecule has 4 nitrogen and oxygen atoms in total. The number of nitrogens with two attached hydrogens (primary N) is 1. The van der Waals surface area contributed by atoms with Gasteiger partial charge in [0.1, 0.15) is 5.69 Å². The number of hydrogen-bond donors (Lipinski definition) is 1. The summed E-state index contributed by atoms with van der Waals surface area (Å²) < 4.78 is 19.9. The normalized spacial score (nSPS) is 10.2. The van der Waals surface area contributed by atoms with Crippen molar-refractivity contribution in [1.82, 2.24) is 4.98 Å². The molecule has 0 unspecified atom stereocenters. The highest BCUT2D eigenvalue weighted by atomic mass is 79.9. The molecule has 21 heavy (non-hydrogen) atoms. The molecule has 0 fully saturated rings. The number of benzene rings is 1. The number of methoxy groups -OCH3 is 1. The Bertz CT molecular complexity index is 715. The minimum atomic E-state index is -0.699. The summed E-state index contributed by atoms with van der Waals surface area (Å²) in [6.45, 7) is 3.52. The number of hydrogen-bond acceptors (Lipinski definition) is 4. The number of aromatic nitrogens is 1. The van der Waals surface area contributed by atoms with E-state index >= 15 is 0 Å². The largest absolute Gasteiger partial charge is 0.464 e. The van der Waals surface area contributed by atoms with Crippen molar-refractivity contribution in [2.45, 2.75) is 0 Å². The van der Waals surface area contributed by atoms with Crippen molar-refractivity contribution in [3.05, 3.63) is 52.4 Å². The van der Waals surface area contributed by atoms with Crippen LogP contribution in [0.5, 0.6) is 0 Å². The van der Waals surface area contributed by atoms with Crippen molar-refractivity contribution in [2.75, 3.05) is 12.8 Å². The van der Waals surface area contributed by atoms with Crippen molar-refractivity contribution in [1.29, 1.82) is 0 Å². The van der Waals surface area contributed by atoms with Crippen molar-refractivity contribution >= 4 is 33.7 Å². The molecule has 1 heterocycles. The number of rotatable bonds is 3. The minimum absolute atomic E-state index is 0.00833. The van der Waals surface area contributed by atoms with Gasteiger partial charge in [0.2, 0.25) is 0 Å². The van der Waals surface area contributed by atoms with Crippen LogP contribution in [0.15, 0.2) is 35.3 Å². The average Bonchev–Trinajstić information content (AvgIpc) is 2.50. The van der Waals surface area contributed by atoms with Gasteiger partial charge in [0.25, 0.3) is 0 Å². The summed E-state index contributed by atoms with van der Waals surface area (Å²) in [6.07, 6.45) is 1.28. The van der Waals surface area contributed by atoms with Crippen molar-refractivity contribution < 1.29 is 13.9 Å². The Kier molecular flexibility index (Phi) is 4.37. The van der Waals surface area contributed by atoms with Crippen molar-refractivity contribution in [3.63, 3.8) is 0 Å². The van der Waals surface area contributed by atoms with Crippen LogP contribution in [0.4, 0.5) is 10.1 Å². The monoisotopic (exact) mass is 350 g/mol. The summed E-state index contributed by atoms with van der Waals surface area (Å²) in [5.41, 5.74) is 6.12. The number of anilines is 1. The summed E-state index contributed by atoms with van der Waals surface area (Å²) in [7, 11) is 1.22. The average molecular weight is 351 g/mol. The number of carbonyl (C=O) groups is 1. The van der Waals surface area contributed by atoms with Crippen molar-refractivity contribution in [2.24, 2.45) is 0 Å². The Morgan fingerprint density at radius 2 is 2.05 bits per heavy atom. The topological polar surface area (TPSA) is 65.2 Å². The summed E-state index contributed by atoms with van der Waals surface area (Å²) in [6, 6.07) is 6.82. The molecule has 2 N–H and O–H groups in total. The lowest BCUT2D eigenvalue weighted by Crippen LogP contribution is -2.12. The molecule has 0 spiro atoms. The van der Waals surface area contributed by atoms with Crippen LogP contribution >= 0.6 is 15.9 Å². The van der Waals surface area contributed by atoms with E-state index in [1.807, 2.05) is 0 Å². The second-order valence-electron chi connectivity index (χ2n) is 4.15. The van der Waals surface area contributed by atoms with Gasteiger partial charge in [0, 0.05) is 15.6 Å². The molecule has 0 amide bonds. The first-order valence-electron chi connectivity index (χ1n) is 5.95. The molecule has 6 heteroatoms. The second-order valence-corrected chi connectivity index (χ2v) is 5.07. The van der Waals surface area contributed by atoms with Gasteiger partial charge in [-0.2, -0.15) is 0 Å². The van der Waals surface area contributed by atoms with Gasteiger partial charge in [-0.1, -0.05) is 40.7 Å². The maximum Gasteiger partial charge on any atom is 0.357 e. The van der Waals surface area contributed by atoms with Gasteiger partial charge in [-0.25, -0.2) is 14.2 Å². The molecule has 2 rings (SSSR count). The zero-order valence-corrected chi connectivity index (χ0v) is 12.8. The zero-order chi connectivity index (χ0) is 15.6. The molecule has 108 valence electrons. The highest BCUT2D eigenvalue weighted by molar-refractivity contribution is 9.10. The van der Waals surface area contributed by atoms with Gasteiger partial charge in [-0.15, -0.1) is 0 Å². The molecule has 0 aliphatic carbocycles. The SMILES string of the molecule is C=Cc1c(C(=O)OC)nc(-c2ccc(Br)cc2)c(F)c1N. The van der Waals surface area contributed by atoms with Gasteiger partial charge in [0.05, 0.1) is 12.8 Å². The minimum Gasteiger partial charge on any atom is -0.464 e. The number of carbonyl (C=O) groups excluding carboxylic acids is 1. The molecule has 0 atom stereocenters. The number of pyridine rings is 1. The van der Waals surface area contributed by atoms with Gasteiger partial charge < -0.3 is 10.5 Å². The number of nitrogen functional groups attached to an aromatic ring is 1. The molecule has 0 aliphatic rings. The van der Waals surface area contributed by atoms with E-state index in [1.165, 1.54) is 13.2 Å². The Hall–Kier alpha value is -2.21. The van der Waals surface area contributed by atoms with Crippen molar-refractivity contribution in [3.8, 4) is 11.3 Å². The van der Waals surface area contributed by atoms with Crippen LogP contribution in [0.1, 0.15) is 16.1 Å². The van der Waals surface area contributed by atoms with Crippen LogP contribution in [0, 0.1) is 5.82 Å². The van der Waals surface area contributed by atoms with E-state index in [9.17, 15) is 9.18 Å². The molecule has 0 aliphatic heterocycles. The highest BCUT2D eigenvalue weighted by Gasteiger charge is 2.22. The Morgan fingerprint density at radius 1 is 1.43 bits per heavy atom. The van der Waals surface area contributed by atoms with E-state index in [0.29, 0.717) is 5.56 Å². The number of halogens is 2. The van der Waals surface area contributed by atoms with Crippen LogP contribution < -0.4 is 5.73 Å². The van der Waals surface area contributed by atoms with E-state index < -0.39 is 11.8 Å². The Labute approximate surface area is 129 Å². The molecular formula is C15H12BrFN2O2. The maximum atomic E-state index is 14.4. The molecule has 0 saturated carbocycles. The number of esters is 1. The first-order valence-corrected chi connectivity index (χ1v) is 6.74. The maximum absolute atomic E-state index is 14.4. The summed E-state index contributed by atoms with van der Waals surface area (Å²) in [5.74, 6) is -1.39.